The molecule has 0 bridgehead atoms. The van der Waals surface area contributed by atoms with Gasteiger partial charge >= 0.3 is 0 Å². The van der Waals surface area contributed by atoms with Crippen LogP contribution in [0.15, 0.2) is 30.5 Å². The number of hydrogen-bond donors (Lipinski definition) is 3. The van der Waals surface area contributed by atoms with E-state index < -0.39 is 5.60 Å². The average molecular weight is 229 g/mol. The molecule has 0 atom stereocenters. The normalized spacial score (nSPS) is 17.0. The van der Waals surface area contributed by atoms with Crippen LogP contribution in [-0.2, 0) is 6.42 Å². The lowest BCUT2D eigenvalue weighted by Crippen LogP contribution is -2.10. The standard InChI is InChI=1S/C13H15N3O/c14-12-11(8-15-16-12)10-3-1-2-9(6-10)7-13(17)4-5-13/h1-3,6,8,17H,4-5,7H2,(H3,14,15,16). The zero-order valence-electron chi connectivity index (χ0n) is 9.48. The average Bonchev–Trinajstić information content (AvgIpc) is 2.87. The first-order valence-corrected chi connectivity index (χ1v) is 5.77. The zero-order chi connectivity index (χ0) is 11.9. The Hall–Kier alpha value is -1.81. The number of nitrogens with one attached hydrogen (secondary N) is 1. The Morgan fingerprint density at radius 3 is 2.88 bits per heavy atom. The number of rotatable bonds is 3. The van der Waals surface area contributed by atoms with E-state index in [0.717, 1.165) is 36.0 Å². The third-order valence-corrected chi connectivity index (χ3v) is 3.27. The summed E-state index contributed by atoms with van der Waals surface area (Å²) >= 11 is 0. The SMILES string of the molecule is Nc1[nH]ncc1-c1cccc(CC2(O)CC2)c1. The molecular formula is C13H15N3O. The van der Waals surface area contributed by atoms with Crippen molar-refractivity contribution in [3.05, 3.63) is 36.0 Å². The Morgan fingerprint density at radius 2 is 2.24 bits per heavy atom. The Morgan fingerprint density at radius 1 is 1.41 bits per heavy atom. The van der Waals surface area contributed by atoms with Gasteiger partial charge in [0.2, 0.25) is 0 Å². The Labute approximate surface area is 99.5 Å². The number of anilines is 1. The zero-order valence-corrected chi connectivity index (χ0v) is 9.48. The van der Waals surface area contributed by atoms with Crippen LogP contribution in [0, 0.1) is 0 Å². The van der Waals surface area contributed by atoms with E-state index in [1.165, 1.54) is 0 Å². The van der Waals surface area contributed by atoms with Gasteiger partial charge in [-0.05, 0) is 24.0 Å². The maximum Gasteiger partial charge on any atom is 0.126 e. The van der Waals surface area contributed by atoms with Crippen molar-refractivity contribution in [1.82, 2.24) is 10.2 Å². The molecule has 0 amide bonds. The van der Waals surface area contributed by atoms with E-state index in [9.17, 15) is 5.11 Å². The van der Waals surface area contributed by atoms with E-state index in [1.54, 1.807) is 6.20 Å². The molecule has 3 rings (SSSR count). The molecule has 4 N–H and O–H groups in total. The fourth-order valence-corrected chi connectivity index (χ4v) is 2.08. The number of benzene rings is 1. The van der Waals surface area contributed by atoms with Crippen molar-refractivity contribution in [2.24, 2.45) is 0 Å². The molecule has 2 aromatic rings. The monoisotopic (exact) mass is 229 g/mol. The van der Waals surface area contributed by atoms with Crippen LogP contribution in [0.4, 0.5) is 5.82 Å². The molecule has 0 unspecified atom stereocenters. The van der Waals surface area contributed by atoms with Crippen LogP contribution in [0.25, 0.3) is 11.1 Å². The van der Waals surface area contributed by atoms with Gasteiger partial charge in [0.05, 0.1) is 11.8 Å². The molecule has 1 fully saturated rings. The first-order valence-electron chi connectivity index (χ1n) is 5.77. The predicted octanol–water partition coefficient (Wildman–Crippen LogP) is 1.73. The molecule has 88 valence electrons. The number of nitrogens with zero attached hydrogens (tertiary/aromatic N) is 1. The molecule has 1 aliphatic rings. The largest absolute Gasteiger partial charge is 0.390 e. The van der Waals surface area contributed by atoms with Crippen LogP contribution in [-0.4, -0.2) is 20.9 Å². The van der Waals surface area contributed by atoms with Crippen molar-refractivity contribution in [3.8, 4) is 11.1 Å². The van der Waals surface area contributed by atoms with Gasteiger partial charge in [0.1, 0.15) is 5.82 Å². The van der Waals surface area contributed by atoms with Crippen LogP contribution in [0.3, 0.4) is 0 Å². The highest BCUT2D eigenvalue weighted by molar-refractivity contribution is 5.73. The molecule has 0 saturated heterocycles. The lowest BCUT2D eigenvalue weighted by Gasteiger charge is -2.08. The molecule has 1 aliphatic carbocycles. The number of hydrogen-bond acceptors (Lipinski definition) is 3. The quantitative estimate of drug-likeness (QED) is 0.750. The summed E-state index contributed by atoms with van der Waals surface area (Å²) in [6, 6.07) is 8.10. The molecule has 4 heteroatoms. The minimum atomic E-state index is -0.458. The summed E-state index contributed by atoms with van der Waals surface area (Å²) < 4.78 is 0. The van der Waals surface area contributed by atoms with Gasteiger partial charge in [-0.15, -0.1) is 0 Å². The summed E-state index contributed by atoms with van der Waals surface area (Å²) in [5.41, 5.74) is 8.43. The topological polar surface area (TPSA) is 74.9 Å². The van der Waals surface area contributed by atoms with E-state index in [4.69, 9.17) is 5.73 Å². The molecule has 1 heterocycles. The lowest BCUT2D eigenvalue weighted by molar-refractivity contribution is 0.151. The van der Waals surface area contributed by atoms with Gasteiger partial charge in [-0.2, -0.15) is 5.10 Å². The first-order chi connectivity index (χ1) is 8.16. The second-order valence-corrected chi connectivity index (χ2v) is 4.80. The smallest absolute Gasteiger partial charge is 0.126 e. The highest BCUT2D eigenvalue weighted by Crippen LogP contribution is 2.38. The van der Waals surface area contributed by atoms with E-state index in [0.29, 0.717) is 5.82 Å². The summed E-state index contributed by atoms with van der Waals surface area (Å²) in [4.78, 5) is 0. The van der Waals surface area contributed by atoms with Gasteiger partial charge in [0, 0.05) is 12.0 Å². The highest BCUT2D eigenvalue weighted by Gasteiger charge is 2.40. The number of aromatic amines is 1. The molecule has 0 aliphatic heterocycles. The molecule has 17 heavy (non-hydrogen) atoms. The Kier molecular flexibility index (Phi) is 2.19. The lowest BCUT2D eigenvalue weighted by atomic mass is 10.0. The predicted molar refractivity (Wildman–Crippen MR) is 66.3 cm³/mol. The van der Waals surface area contributed by atoms with Crippen molar-refractivity contribution in [3.63, 3.8) is 0 Å². The third kappa shape index (κ3) is 2.03. The number of aromatic nitrogens is 2. The van der Waals surface area contributed by atoms with E-state index in [-0.39, 0.29) is 0 Å². The summed E-state index contributed by atoms with van der Waals surface area (Å²) in [5.74, 6) is 0.576. The summed E-state index contributed by atoms with van der Waals surface area (Å²) in [7, 11) is 0. The summed E-state index contributed by atoms with van der Waals surface area (Å²) in [6.45, 7) is 0. The molecule has 1 aromatic carbocycles. The van der Waals surface area contributed by atoms with Gasteiger partial charge in [-0.25, -0.2) is 0 Å². The minimum Gasteiger partial charge on any atom is -0.390 e. The molecule has 1 aromatic heterocycles. The highest BCUT2D eigenvalue weighted by atomic mass is 16.3. The van der Waals surface area contributed by atoms with Gasteiger partial charge in [0.25, 0.3) is 0 Å². The maximum absolute atomic E-state index is 9.92. The van der Waals surface area contributed by atoms with Gasteiger partial charge in [-0.1, -0.05) is 24.3 Å². The summed E-state index contributed by atoms with van der Waals surface area (Å²) in [5, 5.41) is 16.6. The third-order valence-electron chi connectivity index (χ3n) is 3.27. The van der Waals surface area contributed by atoms with Crippen LogP contribution in [0.2, 0.25) is 0 Å². The molecule has 1 saturated carbocycles. The number of nitrogens with two attached hydrogens (primary N) is 1. The van der Waals surface area contributed by atoms with Crippen LogP contribution >= 0.6 is 0 Å². The van der Waals surface area contributed by atoms with E-state index >= 15 is 0 Å². The van der Waals surface area contributed by atoms with Gasteiger partial charge in [-0.3, -0.25) is 5.10 Å². The van der Waals surface area contributed by atoms with Crippen LogP contribution in [0.5, 0.6) is 0 Å². The van der Waals surface area contributed by atoms with Crippen LogP contribution < -0.4 is 5.73 Å². The van der Waals surface area contributed by atoms with Crippen molar-refractivity contribution in [2.75, 3.05) is 5.73 Å². The first kappa shape index (κ1) is 10.4. The van der Waals surface area contributed by atoms with Crippen molar-refractivity contribution in [2.45, 2.75) is 24.9 Å². The molecular weight excluding hydrogens is 214 g/mol. The van der Waals surface area contributed by atoms with Crippen molar-refractivity contribution in [1.29, 1.82) is 0 Å². The van der Waals surface area contributed by atoms with Crippen molar-refractivity contribution >= 4 is 5.82 Å². The Bertz CT molecular complexity index is 543. The molecule has 0 spiro atoms. The number of nitrogen functional groups attached to an aromatic ring is 1. The molecule has 0 radical (unpaired) electrons. The second-order valence-electron chi connectivity index (χ2n) is 4.80. The second kappa shape index (κ2) is 3.60. The van der Waals surface area contributed by atoms with E-state index in [2.05, 4.69) is 16.3 Å². The van der Waals surface area contributed by atoms with Gasteiger partial charge in [0.15, 0.2) is 0 Å². The fourth-order valence-electron chi connectivity index (χ4n) is 2.08. The van der Waals surface area contributed by atoms with Gasteiger partial charge < -0.3 is 10.8 Å². The number of aliphatic hydroxyl groups is 1. The molecule has 4 nitrogen and oxygen atoms in total. The minimum absolute atomic E-state index is 0.458. The van der Waals surface area contributed by atoms with Crippen molar-refractivity contribution < 1.29 is 5.11 Å². The van der Waals surface area contributed by atoms with E-state index in [1.807, 2.05) is 18.2 Å². The fraction of sp³-hybridized carbons (Fsp3) is 0.308. The Balaban J connectivity index is 1.91. The van der Waals surface area contributed by atoms with Crippen LogP contribution in [0.1, 0.15) is 18.4 Å². The maximum atomic E-state index is 9.92. The summed E-state index contributed by atoms with van der Waals surface area (Å²) in [6.07, 6.45) is 4.26. The number of H-pyrrole nitrogens is 1.